The summed E-state index contributed by atoms with van der Waals surface area (Å²) in [6, 6.07) is 5.40. The molecule has 2 aromatic rings. The van der Waals surface area contributed by atoms with Crippen molar-refractivity contribution in [1.82, 2.24) is 10.2 Å². The monoisotopic (exact) mass is 334 g/mol. The number of benzene rings is 1. The zero-order valence-electron chi connectivity index (χ0n) is 9.92. The van der Waals surface area contributed by atoms with Crippen LogP contribution in [-0.2, 0) is 6.18 Å². The van der Waals surface area contributed by atoms with E-state index in [1.807, 2.05) is 0 Å². The molecule has 0 atom stereocenters. The number of nitro benzene ring substituents is 1. The van der Waals surface area contributed by atoms with Crippen LogP contribution >= 0.6 is 23.6 Å². The van der Waals surface area contributed by atoms with Gasteiger partial charge < -0.3 is 5.32 Å². The number of alkyl halides is 3. The molecule has 0 radical (unpaired) electrons. The minimum absolute atomic E-state index is 0.0172. The van der Waals surface area contributed by atoms with Crippen LogP contribution in [0.15, 0.2) is 24.3 Å². The molecule has 0 fully saturated rings. The van der Waals surface area contributed by atoms with Crippen molar-refractivity contribution in [3.63, 3.8) is 0 Å². The molecule has 0 spiro atoms. The molecule has 21 heavy (non-hydrogen) atoms. The summed E-state index contributed by atoms with van der Waals surface area (Å²) in [6.45, 7) is 0. The van der Waals surface area contributed by atoms with Gasteiger partial charge in [-0.1, -0.05) is 35.7 Å². The van der Waals surface area contributed by atoms with Crippen LogP contribution in [0.25, 0.3) is 0 Å². The van der Waals surface area contributed by atoms with Crippen molar-refractivity contribution in [2.75, 3.05) is 5.32 Å². The Balaban J connectivity index is 2.16. The normalized spacial score (nSPS) is 11.2. The molecule has 11 heteroatoms. The lowest BCUT2D eigenvalue weighted by atomic mass is 10.2. The van der Waals surface area contributed by atoms with Gasteiger partial charge in [-0.05, 0) is 0 Å². The van der Waals surface area contributed by atoms with Crippen LogP contribution in [-0.4, -0.2) is 20.1 Å². The fourth-order valence-corrected chi connectivity index (χ4v) is 2.22. The molecule has 0 unspecified atom stereocenters. The van der Waals surface area contributed by atoms with Crippen molar-refractivity contribution in [2.24, 2.45) is 0 Å². The van der Waals surface area contributed by atoms with Crippen molar-refractivity contribution < 1.29 is 18.1 Å². The van der Waals surface area contributed by atoms with Gasteiger partial charge in [0.25, 0.3) is 5.69 Å². The van der Waals surface area contributed by atoms with Gasteiger partial charge in [-0.3, -0.25) is 10.1 Å². The number of nitrogens with one attached hydrogen (secondary N) is 1. The largest absolute Gasteiger partial charge is 0.445 e. The third kappa shape index (κ3) is 3.70. The maximum atomic E-state index is 12.4. The van der Waals surface area contributed by atoms with Crippen LogP contribution in [0, 0.1) is 10.1 Å². The Labute approximate surface area is 124 Å². The number of nitro groups is 1. The van der Waals surface area contributed by atoms with Gasteiger partial charge in [-0.2, -0.15) is 13.2 Å². The molecular weight excluding hydrogens is 329 g/mol. The molecule has 0 aliphatic carbocycles. The maximum absolute atomic E-state index is 12.4. The molecule has 1 aromatic heterocycles. The van der Waals surface area contributed by atoms with Crippen LogP contribution in [0.4, 0.5) is 24.0 Å². The van der Waals surface area contributed by atoms with E-state index < -0.39 is 16.1 Å². The molecule has 1 aromatic carbocycles. The van der Waals surface area contributed by atoms with E-state index in [0.717, 1.165) is 0 Å². The zero-order chi connectivity index (χ0) is 15.6. The second kappa shape index (κ2) is 5.69. The lowest BCUT2D eigenvalue weighted by molar-refractivity contribution is -0.384. The summed E-state index contributed by atoms with van der Waals surface area (Å²) in [6.07, 6.45) is -4.58. The molecule has 0 amide bonds. The zero-order valence-corrected chi connectivity index (χ0v) is 11.6. The first-order valence-electron chi connectivity index (χ1n) is 5.24. The minimum atomic E-state index is -4.58. The van der Waals surface area contributed by atoms with Gasteiger partial charge in [-0.15, -0.1) is 10.2 Å². The first-order chi connectivity index (χ1) is 9.77. The van der Waals surface area contributed by atoms with Gasteiger partial charge >= 0.3 is 6.18 Å². The Morgan fingerprint density at radius 1 is 1.38 bits per heavy atom. The molecule has 2 rings (SSSR count). The quantitative estimate of drug-likeness (QED) is 0.527. The second-order valence-electron chi connectivity index (χ2n) is 3.67. The van der Waals surface area contributed by atoms with Crippen LogP contribution in [0.5, 0.6) is 0 Å². The van der Waals surface area contributed by atoms with Crippen LogP contribution in [0.3, 0.4) is 0 Å². The molecule has 1 N–H and O–H groups in total. The Morgan fingerprint density at radius 3 is 2.67 bits per heavy atom. The highest BCUT2D eigenvalue weighted by Gasteiger charge is 2.35. The van der Waals surface area contributed by atoms with E-state index >= 15 is 0 Å². The SMILES string of the molecule is O=[N+]([O-])c1cccc(C(=S)Nc2nnc(C(F)(F)F)s2)c1. The third-order valence-corrected chi connectivity index (χ3v) is 3.43. The molecule has 110 valence electrons. The van der Waals surface area contributed by atoms with Gasteiger partial charge in [0, 0.05) is 17.7 Å². The molecule has 0 saturated heterocycles. The van der Waals surface area contributed by atoms with Gasteiger partial charge in [0.15, 0.2) is 0 Å². The summed E-state index contributed by atoms with van der Waals surface area (Å²) in [5, 5.41) is 18.2. The van der Waals surface area contributed by atoms with E-state index in [0.29, 0.717) is 16.9 Å². The summed E-state index contributed by atoms with van der Waals surface area (Å²) in [5.74, 6) is 0. The first-order valence-corrected chi connectivity index (χ1v) is 6.46. The highest BCUT2D eigenvalue weighted by Crippen LogP contribution is 2.33. The van der Waals surface area contributed by atoms with Crippen molar-refractivity contribution in [3.05, 3.63) is 45.0 Å². The maximum Gasteiger partial charge on any atom is 0.445 e. The average molecular weight is 334 g/mol. The van der Waals surface area contributed by atoms with E-state index in [1.165, 1.54) is 24.3 Å². The number of hydrogen-bond donors (Lipinski definition) is 1. The Morgan fingerprint density at radius 2 is 2.10 bits per heavy atom. The highest BCUT2D eigenvalue weighted by molar-refractivity contribution is 7.81. The molecular formula is C10H5F3N4O2S2. The Bertz CT molecular complexity index is 702. The second-order valence-corrected chi connectivity index (χ2v) is 5.06. The van der Waals surface area contributed by atoms with Gasteiger partial charge in [-0.25, -0.2) is 0 Å². The van der Waals surface area contributed by atoms with Crippen LogP contribution in [0.2, 0.25) is 0 Å². The number of aromatic nitrogens is 2. The van der Waals surface area contributed by atoms with E-state index in [9.17, 15) is 23.3 Å². The van der Waals surface area contributed by atoms with Gasteiger partial charge in [0.05, 0.1) is 4.92 Å². The van der Waals surface area contributed by atoms with Crippen LogP contribution < -0.4 is 5.32 Å². The summed E-state index contributed by atoms with van der Waals surface area (Å²) in [5.41, 5.74) is 0.118. The number of anilines is 1. The molecule has 6 nitrogen and oxygen atoms in total. The Hall–Kier alpha value is -2.14. The third-order valence-electron chi connectivity index (χ3n) is 2.21. The number of halogens is 3. The minimum Gasteiger partial charge on any atom is -0.321 e. The van der Waals surface area contributed by atoms with E-state index in [-0.39, 0.29) is 15.8 Å². The summed E-state index contributed by atoms with van der Waals surface area (Å²) in [7, 11) is 0. The summed E-state index contributed by atoms with van der Waals surface area (Å²) in [4.78, 5) is 10.1. The van der Waals surface area contributed by atoms with E-state index in [4.69, 9.17) is 12.2 Å². The van der Waals surface area contributed by atoms with Crippen molar-refractivity contribution in [3.8, 4) is 0 Å². The van der Waals surface area contributed by atoms with Crippen molar-refractivity contribution in [1.29, 1.82) is 0 Å². The van der Waals surface area contributed by atoms with E-state index in [2.05, 4.69) is 15.5 Å². The highest BCUT2D eigenvalue weighted by atomic mass is 32.1. The smallest absolute Gasteiger partial charge is 0.321 e. The lowest BCUT2D eigenvalue weighted by Crippen LogP contribution is -2.10. The number of rotatable bonds is 3. The summed E-state index contributed by atoms with van der Waals surface area (Å²) < 4.78 is 37.1. The average Bonchev–Trinajstić information content (AvgIpc) is 2.87. The standard InChI is InChI=1S/C10H5F3N4O2S2/c11-10(12,13)8-15-16-9(21-8)14-7(20)5-2-1-3-6(4-5)17(18)19/h1-4H,(H,14,16,20). The fourth-order valence-electron chi connectivity index (χ4n) is 1.32. The number of thiocarbonyl (C=S) groups is 1. The lowest BCUT2D eigenvalue weighted by Gasteiger charge is -2.04. The predicted octanol–water partition coefficient (Wildman–Crippen LogP) is 3.25. The summed E-state index contributed by atoms with van der Waals surface area (Å²) >= 11 is 5.27. The van der Waals surface area contributed by atoms with E-state index in [1.54, 1.807) is 0 Å². The molecule has 0 bridgehead atoms. The molecule has 1 heterocycles. The number of non-ortho nitro benzene ring substituents is 1. The Kier molecular flexibility index (Phi) is 4.14. The van der Waals surface area contributed by atoms with Crippen molar-refractivity contribution >= 4 is 39.4 Å². The number of hydrogen-bond acceptors (Lipinski definition) is 6. The molecule has 0 aliphatic rings. The first kappa shape index (κ1) is 15.3. The van der Waals surface area contributed by atoms with Crippen molar-refractivity contribution in [2.45, 2.75) is 6.18 Å². The van der Waals surface area contributed by atoms with Gasteiger partial charge in [0.2, 0.25) is 10.1 Å². The van der Waals surface area contributed by atoms with Crippen LogP contribution in [0.1, 0.15) is 10.6 Å². The fraction of sp³-hybridized carbons (Fsp3) is 0.100. The molecule has 0 aliphatic heterocycles. The number of nitrogens with zero attached hydrogens (tertiary/aromatic N) is 3. The van der Waals surface area contributed by atoms with Gasteiger partial charge in [0.1, 0.15) is 4.99 Å². The predicted molar refractivity (Wildman–Crippen MR) is 73.3 cm³/mol. The topological polar surface area (TPSA) is 81.0 Å². The molecule has 0 saturated carbocycles.